The molecule has 0 heterocycles. The van der Waals surface area contributed by atoms with Gasteiger partial charge in [0.15, 0.2) is 0 Å². The van der Waals surface area contributed by atoms with Crippen molar-refractivity contribution in [3.8, 4) is 0 Å². The molecule has 1 rings (SSSR count). The molecule has 1 aromatic rings. The highest BCUT2D eigenvalue weighted by molar-refractivity contribution is 6.30. The predicted molar refractivity (Wildman–Crippen MR) is 64.1 cm³/mol. The molecule has 0 aliphatic carbocycles. The van der Waals surface area contributed by atoms with Gasteiger partial charge in [-0.25, -0.2) is 4.39 Å². The van der Waals surface area contributed by atoms with Crippen molar-refractivity contribution < 1.29 is 9.50 Å². The third-order valence-corrected chi connectivity index (χ3v) is 2.82. The summed E-state index contributed by atoms with van der Waals surface area (Å²) in [5, 5.41) is 12.3. The van der Waals surface area contributed by atoms with E-state index in [1.807, 2.05) is 13.8 Å². The van der Waals surface area contributed by atoms with Crippen molar-refractivity contribution in [1.82, 2.24) is 5.32 Å². The van der Waals surface area contributed by atoms with E-state index in [9.17, 15) is 4.39 Å². The van der Waals surface area contributed by atoms with Crippen LogP contribution in [0, 0.1) is 5.82 Å². The van der Waals surface area contributed by atoms with Gasteiger partial charge in [0.05, 0.1) is 11.6 Å². The van der Waals surface area contributed by atoms with E-state index in [0.717, 1.165) is 6.42 Å². The SMILES string of the molecule is CC[C@@H](N[C@@H](C)CO)c1cccc(Cl)c1F. The third-order valence-electron chi connectivity index (χ3n) is 2.52. The molecule has 4 heteroatoms. The van der Waals surface area contributed by atoms with Crippen LogP contribution in [-0.4, -0.2) is 17.8 Å². The molecule has 2 atom stereocenters. The molecule has 0 radical (unpaired) electrons. The average Bonchev–Trinajstić information content (AvgIpc) is 2.29. The monoisotopic (exact) mass is 245 g/mol. The summed E-state index contributed by atoms with van der Waals surface area (Å²) < 4.78 is 13.8. The lowest BCUT2D eigenvalue weighted by molar-refractivity contribution is 0.238. The van der Waals surface area contributed by atoms with Gasteiger partial charge in [-0.1, -0.05) is 30.7 Å². The number of hydrogen-bond acceptors (Lipinski definition) is 2. The molecule has 16 heavy (non-hydrogen) atoms. The molecule has 90 valence electrons. The number of aliphatic hydroxyl groups excluding tert-OH is 1. The summed E-state index contributed by atoms with van der Waals surface area (Å²) in [4.78, 5) is 0. The van der Waals surface area contributed by atoms with Crippen molar-refractivity contribution in [3.63, 3.8) is 0 Å². The molecular weight excluding hydrogens is 229 g/mol. The van der Waals surface area contributed by atoms with E-state index in [1.165, 1.54) is 6.07 Å². The second-order valence-electron chi connectivity index (χ2n) is 3.85. The van der Waals surface area contributed by atoms with Gasteiger partial charge in [0.25, 0.3) is 0 Å². The lowest BCUT2D eigenvalue weighted by atomic mass is 10.0. The summed E-state index contributed by atoms with van der Waals surface area (Å²) in [6.07, 6.45) is 0.738. The Bertz CT molecular complexity index is 346. The first-order chi connectivity index (χ1) is 7.60. The molecular formula is C12H17ClFNO. The zero-order valence-corrected chi connectivity index (χ0v) is 10.3. The minimum absolute atomic E-state index is 0.0265. The van der Waals surface area contributed by atoms with E-state index in [4.69, 9.17) is 16.7 Å². The fraction of sp³-hybridized carbons (Fsp3) is 0.500. The van der Waals surface area contributed by atoms with Crippen molar-refractivity contribution in [3.05, 3.63) is 34.6 Å². The van der Waals surface area contributed by atoms with Crippen LogP contribution >= 0.6 is 11.6 Å². The largest absolute Gasteiger partial charge is 0.395 e. The lowest BCUT2D eigenvalue weighted by Gasteiger charge is -2.22. The number of aliphatic hydroxyl groups is 1. The first-order valence-electron chi connectivity index (χ1n) is 5.41. The van der Waals surface area contributed by atoms with Gasteiger partial charge in [0.2, 0.25) is 0 Å². The topological polar surface area (TPSA) is 32.3 Å². The Morgan fingerprint density at radius 2 is 2.19 bits per heavy atom. The highest BCUT2D eigenvalue weighted by atomic mass is 35.5. The van der Waals surface area contributed by atoms with Gasteiger partial charge in [-0.3, -0.25) is 0 Å². The second kappa shape index (κ2) is 6.18. The molecule has 0 bridgehead atoms. The van der Waals surface area contributed by atoms with Crippen molar-refractivity contribution >= 4 is 11.6 Å². The van der Waals surface area contributed by atoms with Crippen LogP contribution in [0.1, 0.15) is 31.9 Å². The maximum atomic E-state index is 13.8. The predicted octanol–water partition coefficient (Wildman–Crippen LogP) is 2.90. The summed E-state index contributed by atoms with van der Waals surface area (Å²) in [7, 11) is 0. The third kappa shape index (κ3) is 3.17. The quantitative estimate of drug-likeness (QED) is 0.836. The van der Waals surface area contributed by atoms with Crippen LogP contribution in [0.5, 0.6) is 0 Å². The summed E-state index contributed by atoms with van der Waals surface area (Å²) in [5.74, 6) is -0.381. The summed E-state index contributed by atoms with van der Waals surface area (Å²) in [6.45, 7) is 3.84. The minimum Gasteiger partial charge on any atom is -0.395 e. The van der Waals surface area contributed by atoms with Gasteiger partial charge in [0, 0.05) is 17.6 Å². The van der Waals surface area contributed by atoms with Crippen LogP contribution in [0.25, 0.3) is 0 Å². The zero-order valence-electron chi connectivity index (χ0n) is 9.50. The van der Waals surface area contributed by atoms with Crippen LogP contribution in [0.15, 0.2) is 18.2 Å². The first kappa shape index (κ1) is 13.4. The summed E-state index contributed by atoms with van der Waals surface area (Å²) >= 11 is 5.73. The molecule has 0 aliphatic rings. The van der Waals surface area contributed by atoms with Gasteiger partial charge >= 0.3 is 0 Å². The number of hydrogen-bond donors (Lipinski definition) is 2. The summed E-state index contributed by atoms with van der Waals surface area (Å²) in [5.41, 5.74) is 0.551. The van der Waals surface area contributed by atoms with Gasteiger partial charge < -0.3 is 10.4 Å². The molecule has 0 saturated heterocycles. The van der Waals surface area contributed by atoms with Crippen LogP contribution in [0.4, 0.5) is 4.39 Å². The fourth-order valence-electron chi connectivity index (χ4n) is 1.61. The highest BCUT2D eigenvalue weighted by Gasteiger charge is 2.17. The van der Waals surface area contributed by atoms with E-state index in [-0.39, 0.29) is 29.5 Å². The van der Waals surface area contributed by atoms with E-state index >= 15 is 0 Å². The molecule has 2 nitrogen and oxygen atoms in total. The Hall–Kier alpha value is -0.640. The number of halogens is 2. The van der Waals surface area contributed by atoms with E-state index < -0.39 is 0 Å². The molecule has 0 spiro atoms. The Kier molecular flexibility index (Phi) is 5.19. The average molecular weight is 246 g/mol. The molecule has 2 N–H and O–H groups in total. The molecule has 0 unspecified atom stereocenters. The molecule has 1 aromatic carbocycles. The normalized spacial score (nSPS) is 14.8. The van der Waals surface area contributed by atoms with Gasteiger partial charge in [-0.2, -0.15) is 0 Å². The van der Waals surface area contributed by atoms with Crippen LogP contribution in [0.2, 0.25) is 5.02 Å². The Morgan fingerprint density at radius 1 is 1.50 bits per heavy atom. The number of benzene rings is 1. The maximum absolute atomic E-state index is 13.8. The van der Waals surface area contributed by atoms with Crippen molar-refractivity contribution in [2.45, 2.75) is 32.4 Å². The van der Waals surface area contributed by atoms with Gasteiger partial charge in [-0.05, 0) is 19.4 Å². The molecule has 0 aromatic heterocycles. The van der Waals surface area contributed by atoms with Crippen LogP contribution in [-0.2, 0) is 0 Å². The Balaban J connectivity index is 2.90. The number of rotatable bonds is 5. The van der Waals surface area contributed by atoms with Gasteiger partial charge in [-0.15, -0.1) is 0 Å². The molecule has 0 saturated carbocycles. The Labute approximate surface area is 100 Å². The molecule has 0 amide bonds. The second-order valence-corrected chi connectivity index (χ2v) is 4.26. The fourth-order valence-corrected chi connectivity index (χ4v) is 1.80. The standard InChI is InChI=1S/C12H17ClFNO/c1-3-11(15-8(2)7-16)9-5-4-6-10(13)12(9)14/h4-6,8,11,15-16H,3,7H2,1-2H3/t8-,11+/m0/s1. The van der Waals surface area contributed by atoms with Crippen molar-refractivity contribution in [1.29, 1.82) is 0 Å². The first-order valence-corrected chi connectivity index (χ1v) is 5.78. The van der Waals surface area contributed by atoms with Crippen molar-refractivity contribution in [2.75, 3.05) is 6.61 Å². The van der Waals surface area contributed by atoms with Crippen molar-refractivity contribution in [2.24, 2.45) is 0 Å². The molecule has 0 fully saturated rings. The number of nitrogens with one attached hydrogen (secondary N) is 1. The van der Waals surface area contributed by atoms with E-state index in [0.29, 0.717) is 5.56 Å². The van der Waals surface area contributed by atoms with E-state index in [2.05, 4.69) is 5.32 Å². The van der Waals surface area contributed by atoms with Crippen LogP contribution < -0.4 is 5.32 Å². The van der Waals surface area contributed by atoms with Crippen LogP contribution in [0.3, 0.4) is 0 Å². The smallest absolute Gasteiger partial charge is 0.146 e. The summed E-state index contributed by atoms with van der Waals surface area (Å²) in [6, 6.07) is 4.79. The molecule has 0 aliphatic heterocycles. The van der Waals surface area contributed by atoms with E-state index in [1.54, 1.807) is 12.1 Å². The lowest BCUT2D eigenvalue weighted by Crippen LogP contribution is -2.33. The maximum Gasteiger partial charge on any atom is 0.146 e. The zero-order chi connectivity index (χ0) is 12.1. The Morgan fingerprint density at radius 3 is 2.75 bits per heavy atom. The van der Waals surface area contributed by atoms with Gasteiger partial charge in [0.1, 0.15) is 5.82 Å². The highest BCUT2D eigenvalue weighted by Crippen LogP contribution is 2.25. The minimum atomic E-state index is -0.381.